The maximum atomic E-state index is 2.76. The minimum atomic E-state index is 0.630. The van der Waals surface area contributed by atoms with E-state index in [-0.39, 0.29) is 0 Å². The van der Waals surface area contributed by atoms with Crippen molar-refractivity contribution in [3.8, 4) is 0 Å². The van der Waals surface area contributed by atoms with Crippen LogP contribution in [-0.2, 0) is 0 Å². The lowest BCUT2D eigenvalue weighted by atomic mass is 9.25. The van der Waals surface area contributed by atoms with E-state index < -0.39 is 0 Å². The van der Waals surface area contributed by atoms with Crippen molar-refractivity contribution < 1.29 is 0 Å². The third-order valence-corrected chi connectivity index (χ3v) is 12.7. The lowest BCUT2D eigenvalue weighted by Crippen LogP contribution is -2.75. The topological polar surface area (TPSA) is 0 Å². The fourth-order valence-corrected chi connectivity index (χ4v) is 11.8. The molecule has 6 aliphatic carbocycles. The van der Waals surface area contributed by atoms with Crippen LogP contribution in [0.15, 0.2) is 0 Å². The summed E-state index contributed by atoms with van der Waals surface area (Å²) in [4.78, 5) is 0. The number of hydrogen-bond donors (Lipinski definition) is 0. The van der Waals surface area contributed by atoms with Crippen molar-refractivity contribution in [1.29, 1.82) is 0 Å². The van der Waals surface area contributed by atoms with E-state index in [0.29, 0.717) is 21.7 Å². The molecule has 0 aromatic rings. The highest BCUT2D eigenvalue weighted by Crippen LogP contribution is 2.94. The first-order chi connectivity index (χ1) is 10.2. The first-order valence-electron chi connectivity index (χ1n) is 10.2. The standard InChI is InChI=1S/C22H34/c1-10-14-9-20(5)17-12(3)21(14,6)16-11(2)19(4)8-13(15(10)16)18(17)22(19,20)7/h10-18H,8-9H2,1-7H3. The fraction of sp³-hybridized carbons (Fsp3) is 1.00. The van der Waals surface area contributed by atoms with Crippen LogP contribution in [-0.4, -0.2) is 0 Å². The van der Waals surface area contributed by atoms with Gasteiger partial charge in [-0.1, -0.05) is 48.5 Å². The molecule has 13 atom stereocenters. The van der Waals surface area contributed by atoms with Gasteiger partial charge in [0, 0.05) is 0 Å². The van der Waals surface area contributed by atoms with Gasteiger partial charge in [0.2, 0.25) is 0 Å². The Morgan fingerprint density at radius 1 is 0.727 bits per heavy atom. The van der Waals surface area contributed by atoms with Crippen LogP contribution >= 0.6 is 0 Å². The molecule has 0 nitrogen and oxygen atoms in total. The normalized spacial score (nSPS) is 82.2. The summed E-state index contributed by atoms with van der Waals surface area (Å²) in [7, 11) is 0. The molecule has 13 unspecified atom stereocenters. The van der Waals surface area contributed by atoms with E-state index in [2.05, 4.69) is 48.5 Å². The van der Waals surface area contributed by atoms with Crippen LogP contribution < -0.4 is 0 Å². The third-order valence-electron chi connectivity index (χ3n) is 12.7. The Hall–Kier alpha value is 0. The maximum absolute atomic E-state index is 2.76. The molecule has 22 heavy (non-hydrogen) atoms. The van der Waals surface area contributed by atoms with Gasteiger partial charge in [0.25, 0.3) is 0 Å². The molecule has 6 saturated carbocycles. The van der Waals surface area contributed by atoms with Gasteiger partial charge >= 0.3 is 0 Å². The van der Waals surface area contributed by atoms with Crippen LogP contribution in [0, 0.1) is 74.9 Å². The SMILES string of the molecule is CC1C2C3CC4(C)C(C)C2C2(C)C(C)C5C3C4(C)C5(C)CC12. The van der Waals surface area contributed by atoms with Crippen LogP contribution in [0.4, 0.5) is 0 Å². The van der Waals surface area contributed by atoms with Crippen molar-refractivity contribution in [3.63, 3.8) is 0 Å². The van der Waals surface area contributed by atoms with E-state index in [0.717, 1.165) is 53.3 Å². The van der Waals surface area contributed by atoms with Crippen molar-refractivity contribution in [1.82, 2.24) is 0 Å². The first-order valence-corrected chi connectivity index (χ1v) is 10.2. The van der Waals surface area contributed by atoms with Crippen molar-refractivity contribution in [2.24, 2.45) is 74.9 Å². The summed E-state index contributed by atoms with van der Waals surface area (Å²) >= 11 is 0. The Morgan fingerprint density at radius 2 is 1.41 bits per heavy atom. The number of hydrogen-bond acceptors (Lipinski definition) is 0. The quantitative estimate of drug-likeness (QED) is 0.555. The molecule has 122 valence electrons. The minimum Gasteiger partial charge on any atom is -0.0619 e. The maximum Gasteiger partial charge on any atom is -0.0178 e. The molecule has 6 bridgehead atoms. The highest BCUT2D eigenvalue weighted by Gasteiger charge is 2.90. The van der Waals surface area contributed by atoms with Crippen molar-refractivity contribution in [3.05, 3.63) is 0 Å². The van der Waals surface area contributed by atoms with E-state index >= 15 is 0 Å². The second kappa shape index (κ2) is 2.99. The zero-order chi connectivity index (χ0) is 15.6. The fourth-order valence-electron chi connectivity index (χ4n) is 11.8. The molecule has 0 amide bonds. The van der Waals surface area contributed by atoms with Crippen molar-refractivity contribution >= 4 is 0 Å². The van der Waals surface area contributed by atoms with Crippen molar-refractivity contribution in [2.45, 2.75) is 61.3 Å². The van der Waals surface area contributed by atoms with Gasteiger partial charge in [-0.2, -0.15) is 0 Å². The van der Waals surface area contributed by atoms with Crippen LogP contribution in [0.2, 0.25) is 0 Å². The van der Waals surface area contributed by atoms with E-state index in [1.807, 2.05) is 0 Å². The number of fused-ring (bicyclic) bond motifs is 3. The van der Waals surface area contributed by atoms with E-state index in [1.165, 1.54) is 0 Å². The Balaban J connectivity index is 1.76. The zero-order valence-electron chi connectivity index (χ0n) is 15.6. The average Bonchev–Trinajstić information content (AvgIpc) is 2.78. The molecular formula is C22H34. The molecule has 0 heterocycles. The van der Waals surface area contributed by atoms with Crippen LogP contribution in [0.25, 0.3) is 0 Å². The Bertz CT molecular complexity index is 607. The molecule has 0 heteroatoms. The van der Waals surface area contributed by atoms with E-state index in [4.69, 9.17) is 0 Å². The molecule has 0 aliphatic heterocycles. The summed E-state index contributed by atoms with van der Waals surface area (Å²) in [5.41, 5.74) is 2.58. The van der Waals surface area contributed by atoms with E-state index in [9.17, 15) is 0 Å². The third kappa shape index (κ3) is 0.783. The Labute approximate surface area is 136 Å². The smallest absolute Gasteiger partial charge is 0.0178 e. The summed E-state index contributed by atoms with van der Waals surface area (Å²) in [5.74, 6) is 9.25. The monoisotopic (exact) mass is 298 g/mol. The molecule has 6 fully saturated rings. The summed E-state index contributed by atoms with van der Waals surface area (Å²) in [6, 6.07) is 0. The molecular weight excluding hydrogens is 264 g/mol. The van der Waals surface area contributed by atoms with Crippen LogP contribution in [0.3, 0.4) is 0 Å². The predicted octanol–water partition coefficient (Wildman–Crippen LogP) is 5.48. The summed E-state index contributed by atoms with van der Waals surface area (Å²) in [6.45, 7) is 19.0. The molecule has 0 aromatic heterocycles. The van der Waals surface area contributed by atoms with Crippen molar-refractivity contribution in [2.75, 3.05) is 0 Å². The molecule has 0 radical (unpaired) electrons. The summed E-state index contributed by atoms with van der Waals surface area (Å²) in [6.07, 6.45) is 3.14. The van der Waals surface area contributed by atoms with Gasteiger partial charge in [0.1, 0.15) is 0 Å². The number of rotatable bonds is 0. The van der Waals surface area contributed by atoms with Gasteiger partial charge in [0.05, 0.1) is 0 Å². The molecule has 6 rings (SSSR count). The highest BCUT2D eigenvalue weighted by molar-refractivity contribution is 5.37. The highest BCUT2D eigenvalue weighted by atomic mass is 14.9. The molecule has 0 saturated heterocycles. The Morgan fingerprint density at radius 3 is 2.09 bits per heavy atom. The van der Waals surface area contributed by atoms with Gasteiger partial charge in [0.15, 0.2) is 0 Å². The lowest BCUT2D eigenvalue weighted by molar-refractivity contribution is -0.321. The van der Waals surface area contributed by atoms with Gasteiger partial charge in [-0.25, -0.2) is 0 Å². The average molecular weight is 299 g/mol. The van der Waals surface area contributed by atoms with Crippen LogP contribution in [0.5, 0.6) is 0 Å². The molecule has 6 aliphatic rings. The molecule has 0 spiro atoms. The summed E-state index contributed by atoms with van der Waals surface area (Å²) in [5, 5.41) is 0. The zero-order valence-corrected chi connectivity index (χ0v) is 15.6. The second-order valence-corrected chi connectivity index (χ2v) is 11.7. The largest absolute Gasteiger partial charge is 0.0619 e. The molecule has 0 N–H and O–H groups in total. The molecule has 0 aromatic carbocycles. The van der Waals surface area contributed by atoms with Gasteiger partial charge < -0.3 is 0 Å². The van der Waals surface area contributed by atoms with Gasteiger partial charge in [-0.05, 0) is 87.8 Å². The Kier molecular flexibility index (Phi) is 1.81. The van der Waals surface area contributed by atoms with Crippen LogP contribution in [0.1, 0.15) is 61.3 Å². The lowest BCUT2D eigenvalue weighted by Gasteiger charge is -2.79. The predicted molar refractivity (Wildman–Crippen MR) is 90.1 cm³/mol. The second-order valence-electron chi connectivity index (χ2n) is 11.7. The first kappa shape index (κ1) is 13.3. The van der Waals surface area contributed by atoms with E-state index in [1.54, 1.807) is 12.8 Å². The minimum absolute atomic E-state index is 0.630. The van der Waals surface area contributed by atoms with Gasteiger partial charge in [-0.3, -0.25) is 0 Å². The van der Waals surface area contributed by atoms with Gasteiger partial charge in [-0.15, -0.1) is 0 Å². The summed E-state index contributed by atoms with van der Waals surface area (Å²) < 4.78 is 0.